The molecule has 0 saturated heterocycles. The van der Waals surface area contributed by atoms with Gasteiger partial charge in [0.1, 0.15) is 11.8 Å². The first-order valence-electron chi connectivity index (χ1n) is 10.3. The van der Waals surface area contributed by atoms with Gasteiger partial charge in [-0.2, -0.15) is 0 Å². The van der Waals surface area contributed by atoms with Gasteiger partial charge in [0.25, 0.3) is 0 Å². The van der Waals surface area contributed by atoms with E-state index in [2.05, 4.69) is 55.6 Å². The largest absolute Gasteiger partial charge is 0.443 e. The van der Waals surface area contributed by atoms with Crippen LogP contribution in [0.4, 0.5) is 16.2 Å². The van der Waals surface area contributed by atoms with Gasteiger partial charge < -0.3 is 10.1 Å². The van der Waals surface area contributed by atoms with Crippen molar-refractivity contribution in [3.8, 4) is 0 Å². The average Bonchev–Trinajstić information content (AvgIpc) is 2.97. The maximum absolute atomic E-state index is 13.4. The van der Waals surface area contributed by atoms with E-state index in [-0.39, 0.29) is 17.7 Å². The van der Waals surface area contributed by atoms with Gasteiger partial charge in [0.05, 0.1) is 5.69 Å². The summed E-state index contributed by atoms with van der Waals surface area (Å²) < 4.78 is 5.84. The van der Waals surface area contributed by atoms with Gasteiger partial charge in [0.15, 0.2) is 0 Å². The molecule has 2 aliphatic rings. The summed E-state index contributed by atoms with van der Waals surface area (Å²) in [4.78, 5) is 15.2. The molecule has 4 rings (SSSR count). The summed E-state index contributed by atoms with van der Waals surface area (Å²) in [6.07, 6.45) is 3.52. The Morgan fingerprint density at radius 2 is 1.86 bits per heavy atom. The molecule has 0 fully saturated rings. The number of ether oxygens (including phenoxy) is 1. The van der Waals surface area contributed by atoms with Crippen LogP contribution < -0.4 is 10.2 Å². The van der Waals surface area contributed by atoms with E-state index in [9.17, 15) is 4.79 Å². The molecular formula is C25H30N2O2. The predicted octanol–water partition coefficient (Wildman–Crippen LogP) is 6.03. The van der Waals surface area contributed by atoms with Crippen molar-refractivity contribution in [3.05, 3.63) is 71.3 Å². The zero-order chi connectivity index (χ0) is 20.8. The third-order valence-electron chi connectivity index (χ3n) is 5.76. The van der Waals surface area contributed by atoms with Crippen molar-refractivity contribution in [2.24, 2.45) is 0 Å². The van der Waals surface area contributed by atoms with Crippen molar-refractivity contribution in [1.82, 2.24) is 0 Å². The van der Waals surface area contributed by atoms with Gasteiger partial charge in [-0.05, 0) is 70.7 Å². The molecule has 2 aromatic rings. The van der Waals surface area contributed by atoms with Crippen LogP contribution in [0.2, 0.25) is 0 Å². The van der Waals surface area contributed by atoms with E-state index in [0.29, 0.717) is 0 Å². The Hall–Kier alpha value is -2.75. The summed E-state index contributed by atoms with van der Waals surface area (Å²) in [6, 6.07) is 16.6. The van der Waals surface area contributed by atoms with E-state index in [0.717, 1.165) is 24.2 Å². The first-order valence-corrected chi connectivity index (χ1v) is 10.3. The van der Waals surface area contributed by atoms with Gasteiger partial charge in [0, 0.05) is 11.1 Å². The number of para-hydroxylation sites is 2. The van der Waals surface area contributed by atoms with Crippen molar-refractivity contribution in [3.63, 3.8) is 0 Å². The lowest BCUT2D eigenvalue weighted by molar-refractivity contribution is 0.0549. The molecule has 1 amide bonds. The molecule has 152 valence electrons. The fraction of sp³-hybridized carbons (Fsp3) is 0.400. The van der Waals surface area contributed by atoms with Crippen molar-refractivity contribution in [2.75, 3.05) is 10.2 Å². The second-order valence-corrected chi connectivity index (χ2v) is 9.39. The molecule has 0 saturated carbocycles. The van der Waals surface area contributed by atoms with Crippen molar-refractivity contribution >= 4 is 17.5 Å². The molecule has 29 heavy (non-hydrogen) atoms. The van der Waals surface area contributed by atoms with Crippen LogP contribution in [-0.4, -0.2) is 17.9 Å². The molecule has 2 aliphatic heterocycles. The number of amides is 1. The first kappa shape index (κ1) is 19.6. The van der Waals surface area contributed by atoms with E-state index in [1.807, 2.05) is 43.9 Å². The van der Waals surface area contributed by atoms with Crippen molar-refractivity contribution in [2.45, 2.75) is 64.6 Å². The highest BCUT2D eigenvalue weighted by Gasteiger charge is 2.54. The lowest BCUT2D eigenvalue weighted by atomic mass is 9.69. The van der Waals surface area contributed by atoms with Crippen LogP contribution in [0.25, 0.3) is 0 Å². The minimum atomic E-state index is -0.558. The minimum absolute atomic E-state index is 0.194. The Kier molecular flexibility index (Phi) is 4.68. The molecule has 0 bridgehead atoms. The number of hydrogen-bond acceptors (Lipinski definition) is 3. The van der Waals surface area contributed by atoms with Crippen LogP contribution in [0.1, 0.15) is 52.2 Å². The number of benzene rings is 2. The number of nitrogens with zero attached hydrogens (tertiary/aromatic N) is 1. The highest BCUT2D eigenvalue weighted by Crippen LogP contribution is 2.52. The topological polar surface area (TPSA) is 41.6 Å². The zero-order valence-electron chi connectivity index (χ0n) is 18.0. The van der Waals surface area contributed by atoms with E-state index in [4.69, 9.17) is 4.74 Å². The van der Waals surface area contributed by atoms with Crippen molar-refractivity contribution in [1.29, 1.82) is 0 Å². The predicted molar refractivity (Wildman–Crippen MR) is 118 cm³/mol. The molecule has 0 aromatic heterocycles. The zero-order valence-corrected chi connectivity index (χ0v) is 18.0. The number of carbonyl (C=O) groups is 1. The number of nitrogens with one attached hydrogen (secondary N) is 1. The van der Waals surface area contributed by atoms with Gasteiger partial charge >= 0.3 is 6.09 Å². The molecule has 4 nitrogen and oxygen atoms in total. The van der Waals surface area contributed by atoms with Gasteiger partial charge in [-0.3, -0.25) is 4.90 Å². The van der Waals surface area contributed by atoms with Gasteiger partial charge in [0.2, 0.25) is 0 Å². The maximum Gasteiger partial charge on any atom is 0.416 e. The number of hydrogen-bond donors (Lipinski definition) is 1. The fourth-order valence-electron chi connectivity index (χ4n) is 4.55. The number of carbonyl (C=O) groups excluding carboxylic acids is 1. The smallest absolute Gasteiger partial charge is 0.416 e. The van der Waals surface area contributed by atoms with E-state index < -0.39 is 5.60 Å². The molecule has 1 N–H and O–H groups in total. The third kappa shape index (κ3) is 3.41. The number of rotatable bonds is 2. The third-order valence-corrected chi connectivity index (χ3v) is 5.76. The molecule has 2 atom stereocenters. The molecule has 4 heteroatoms. The Labute approximate surface area is 173 Å². The van der Waals surface area contributed by atoms with Gasteiger partial charge in [-0.25, -0.2) is 4.79 Å². The molecule has 0 unspecified atom stereocenters. The first-order chi connectivity index (χ1) is 13.7. The molecule has 2 heterocycles. The minimum Gasteiger partial charge on any atom is -0.443 e. The standard InChI is InChI=1S/C25H30N2O2/c1-17(2)14-15-25-16-18-10-6-9-13-21(18)27(23(28)29-24(3,4)5)22(25)26-20-12-8-7-11-19(20)25/h6-14,22,26H,15-16H2,1-5H3/t22-,25-/m0/s1. The van der Waals surface area contributed by atoms with E-state index >= 15 is 0 Å². The molecule has 0 radical (unpaired) electrons. The highest BCUT2D eigenvalue weighted by molar-refractivity contribution is 5.93. The summed E-state index contributed by atoms with van der Waals surface area (Å²) in [5.74, 6) is 0. The van der Waals surface area contributed by atoms with Crippen LogP contribution in [0.5, 0.6) is 0 Å². The van der Waals surface area contributed by atoms with Crippen LogP contribution in [0.3, 0.4) is 0 Å². The summed E-state index contributed by atoms with van der Waals surface area (Å²) in [5, 5.41) is 3.65. The second-order valence-electron chi connectivity index (χ2n) is 9.39. The van der Waals surface area contributed by atoms with Crippen molar-refractivity contribution < 1.29 is 9.53 Å². The van der Waals surface area contributed by atoms with Crippen LogP contribution >= 0.6 is 0 Å². The number of anilines is 2. The van der Waals surface area contributed by atoms with Gasteiger partial charge in [-0.1, -0.05) is 48.0 Å². The number of allylic oxidation sites excluding steroid dienone is 2. The van der Waals surface area contributed by atoms with Crippen LogP contribution in [-0.2, 0) is 16.6 Å². The Morgan fingerprint density at radius 1 is 1.17 bits per heavy atom. The lowest BCUT2D eigenvalue weighted by Gasteiger charge is -2.46. The second kappa shape index (κ2) is 6.94. The summed E-state index contributed by atoms with van der Waals surface area (Å²) in [5.41, 5.74) is 4.96. The summed E-state index contributed by atoms with van der Waals surface area (Å²) in [6.45, 7) is 9.99. The maximum atomic E-state index is 13.4. The molecule has 0 aliphatic carbocycles. The van der Waals surface area contributed by atoms with Crippen LogP contribution in [0, 0.1) is 0 Å². The molecule has 0 spiro atoms. The molecular weight excluding hydrogens is 360 g/mol. The van der Waals surface area contributed by atoms with E-state index in [1.54, 1.807) is 0 Å². The normalized spacial score (nSPS) is 22.1. The Bertz CT molecular complexity index is 969. The molecule has 2 aromatic carbocycles. The highest BCUT2D eigenvalue weighted by atomic mass is 16.6. The monoisotopic (exact) mass is 390 g/mol. The SMILES string of the molecule is CC(C)=CC[C@@]12Cc3ccccc3N(C(=O)OC(C)(C)C)[C@@H]1Nc1ccccc12. The quantitative estimate of drug-likeness (QED) is 0.637. The van der Waals surface area contributed by atoms with Gasteiger partial charge in [-0.15, -0.1) is 0 Å². The fourth-order valence-corrected chi connectivity index (χ4v) is 4.55. The van der Waals surface area contributed by atoms with Crippen LogP contribution in [0.15, 0.2) is 60.2 Å². The Morgan fingerprint density at radius 3 is 2.59 bits per heavy atom. The average molecular weight is 391 g/mol. The summed E-state index contributed by atoms with van der Waals surface area (Å²) in [7, 11) is 0. The Balaban J connectivity index is 1.89. The van der Waals surface area contributed by atoms with E-state index in [1.165, 1.54) is 16.7 Å². The lowest BCUT2D eigenvalue weighted by Crippen LogP contribution is -2.58. The summed E-state index contributed by atoms with van der Waals surface area (Å²) >= 11 is 0. The number of fused-ring (bicyclic) bond motifs is 4.